The molecule has 7 N–H and O–H groups in total. The molecule has 0 heterocycles. The summed E-state index contributed by atoms with van der Waals surface area (Å²) in [6, 6.07) is -0.830. The minimum atomic E-state index is -0.830. The number of carbonyl (C=O) groups excluding carboxylic acids is 2. The van der Waals surface area contributed by atoms with Crippen LogP contribution in [0.5, 0.6) is 0 Å². The molecule has 0 bridgehead atoms. The van der Waals surface area contributed by atoms with Crippen molar-refractivity contribution in [2.45, 2.75) is 25.3 Å². The van der Waals surface area contributed by atoms with E-state index in [0.29, 0.717) is 19.4 Å². The van der Waals surface area contributed by atoms with Crippen molar-refractivity contribution in [3.63, 3.8) is 0 Å². The van der Waals surface area contributed by atoms with Crippen LogP contribution in [0.4, 0.5) is 0 Å². The lowest BCUT2D eigenvalue weighted by atomic mass is 10.1. The molecule has 104 valence electrons. The third-order valence-corrected chi connectivity index (χ3v) is 2.26. The Morgan fingerprint density at radius 1 is 1.39 bits per heavy atom. The van der Waals surface area contributed by atoms with E-state index in [1.54, 1.807) is 0 Å². The van der Waals surface area contributed by atoms with Crippen LogP contribution in [0, 0.1) is 5.41 Å². The Balaban J connectivity index is 3.99. The van der Waals surface area contributed by atoms with E-state index in [-0.39, 0.29) is 12.5 Å². The summed E-state index contributed by atoms with van der Waals surface area (Å²) in [4.78, 5) is 23.8. The molecule has 0 aliphatic carbocycles. The van der Waals surface area contributed by atoms with E-state index in [1.807, 2.05) is 0 Å². The quantitative estimate of drug-likeness (QED) is 0.140. The van der Waals surface area contributed by atoms with Crippen LogP contribution < -0.4 is 17.2 Å². The molecule has 8 nitrogen and oxygen atoms in total. The van der Waals surface area contributed by atoms with Gasteiger partial charge in [0.15, 0.2) is 5.96 Å². The number of hydrogen-bond acceptors (Lipinski definition) is 6. The first-order valence-electron chi connectivity index (χ1n) is 5.63. The first kappa shape index (κ1) is 16.3. The van der Waals surface area contributed by atoms with Crippen molar-refractivity contribution in [3.8, 4) is 0 Å². The first-order valence-corrected chi connectivity index (χ1v) is 5.63. The van der Waals surface area contributed by atoms with Crippen molar-refractivity contribution in [1.29, 1.82) is 5.41 Å². The number of ether oxygens (including phenoxy) is 1. The number of guanidine groups is 1. The predicted molar refractivity (Wildman–Crippen MR) is 66.5 cm³/mol. The maximum Gasteiger partial charge on any atom is 0.333 e. The van der Waals surface area contributed by atoms with Crippen molar-refractivity contribution in [2.24, 2.45) is 17.2 Å². The average molecular weight is 259 g/mol. The molecule has 0 fully saturated rings. The lowest BCUT2D eigenvalue weighted by Crippen LogP contribution is -2.40. The molecule has 0 spiro atoms. The summed E-state index contributed by atoms with van der Waals surface area (Å²) in [7, 11) is 1.44. The number of nitrogens with zero attached hydrogens (tertiary/aromatic N) is 1. The summed E-state index contributed by atoms with van der Waals surface area (Å²) >= 11 is 0. The van der Waals surface area contributed by atoms with Crippen molar-refractivity contribution in [3.05, 3.63) is 0 Å². The highest BCUT2D eigenvalue weighted by molar-refractivity contribution is 5.90. The van der Waals surface area contributed by atoms with Crippen LogP contribution in [0.25, 0.3) is 0 Å². The molecule has 0 aromatic heterocycles. The molecule has 0 saturated heterocycles. The SMILES string of the molecule is CN(CC(=O)OC(=O)[C@@H](N)CCCCN)C(=N)N. The maximum atomic E-state index is 11.4. The summed E-state index contributed by atoms with van der Waals surface area (Å²) in [6.07, 6.45) is 1.89. The zero-order chi connectivity index (χ0) is 14.1. The molecular weight excluding hydrogens is 238 g/mol. The number of carbonyl (C=O) groups is 2. The number of hydrogen-bond donors (Lipinski definition) is 4. The lowest BCUT2D eigenvalue weighted by molar-refractivity contribution is -0.160. The van der Waals surface area contributed by atoms with Gasteiger partial charge >= 0.3 is 11.9 Å². The Hall–Kier alpha value is -1.67. The zero-order valence-corrected chi connectivity index (χ0v) is 10.5. The number of nitrogens with two attached hydrogens (primary N) is 3. The molecule has 1 atom stereocenters. The Morgan fingerprint density at radius 3 is 2.50 bits per heavy atom. The highest BCUT2D eigenvalue weighted by Gasteiger charge is 2.19. The Morgan fingerprint density at radius 2 is 2.00 bits per heavy atom. The van der Waals surface area contributed by atoms with Gasteiger partial charge in [-0.15, -0.1) is 0 Å². The Kier molecular flexibility index (Phi) is 7.64. The van der Waals surface area contributed by atoms with Crippen LogP contribution in [0.3, 0.4) is 0 Å². The second-order valence-electron chi connectivity index (χ2n) is 3.93. The van der Waals surface area contributed by atoms with Gasteiger partial charge in [-0.1, -0.05) is 6.42 Å². The van der Waals surface area contributed by atoms with Gasteiger partial charge < -0.3 is 26.8 Å². The monoisotopic (exact) mass is 259 g/mol. The van der Waals surface area contributed by atoms with Crippen LogP contribution in [-0.2, 0) is 14.3 Å². The normalized spacial score (nSPS) is 11.7. The molecule has 18 heavy (non-hydrogen) atoms. The molecule has 0 unspecified atom stereocenters. The van der Waals surface area contributed by atoms with Gasteiger partial charge in [-0.05, 0) is 19.4 Å². The minimum absolute atomic E-state index is 0.267. The van der Waals surface area contributed by atoms with Crippen LogP contribution in [-0.4, -0.2) is 49.0 Å². The fourth-order valence-electron chi connectivity index (χ4n) is 1.13. The van der Waals surface area contributed by atoms with Gasteiger partial charge in [0.25, 0.3) is 0 Å². The van der Waals surface area contributed by atoms with Crippen LogP contribution in [0.15, 0.2) is 0 Å². The Bertz CT molecular complexity index is 308. The van der Waals surface area contributed by atoms with E-state index in [2.05, 4.69) is 4.74 Å². The van der Waals surface area contributed by atoms with E-state index in [9.17, 15) is 9.59 Å². The molecule has 0 aromatic rings. The van der Waals surface area contributed by atoms with Gasteiger partial charge in [0.1, 0.15) is 12.6 Å². The van der Waals surface area contributed by atoms with Gasteiger partial charge in [-0.25, -0.2) is 9.59 Å². The van der Waals surface area contributed by atoms with Crippen LogP contribution in [0.2, 0.25) is 0 Å². The van der Waals surface area contributed by atoms with Crippen LogP contribution in [0.1, 0.15) is 19.3 Å². The van der Waals surface area contributed by atoms with E-state index in [0.717, 1.165) is 11.3 Å². The lowest BCUT2D eigenvalue weighted by Gasteiger charge is -2.15. The minimum Gasteiger partial charge on any atom is -0.391 e. The van der Waals surface area contributed by atoms with Gasteiger partial charge in [0.05, 0.1) is 0 Å². The van der Waals surface area contributed by atoms with Gasteiger partial charge in [-0.2, -0.15) is 0 Å². The van der Waals surface area contributed by atoms with Gasteiger partial charge in [-0.3, -0.25) is 5.41 Å². The van der Waals surface area contributed by atoms with E-state index < -0.39 is 18.0 Å². The second kappa shape index (κ2) is 8.43. The summed E-state index contributed by atoms with van der Waals surface area (Å²) in [5.74, 6) is -1.84. The van der Waals surface area contributed by atoms with E-state index in [4.69, 9.17) is 22.6 Å². The van der Waals surface area contributed by atoms with Gasteiger partial charge in [0, 0.05) is 7.05 Å². The molecule has 0 aliphatic heterocycles. The van der Waals surface area contributed by atoms with Crippen molar-refractivity contribution >= 4 is 17.9 Å². The largest absolute Gasteiger partial charge is 0.391 e. The highest BCUT2D eigenvalue weighted by atomic mass is 16.6. The molecule has 0 aromatic carbocycles. The number of rotatable bonds is 7. The summed E-state index contributed by atoms with van der Waals surface area (Å²) in [5.41, 5.74) is 16.0. The van der Waals surface area contributed by atoms with E-state index >= 15 is 0 Å². The predicted octanol–water partition coefficient (Wildman–Crippen LogP) is -1.66. The van der Waals surface area contributed by atoms with Gasteiger partial charge in [0.2, 0.25) is 0 Å². The number of nitrogens with one attached hydrogen (secondary N) is 1. The molecule has 8 heteroatoms. The third-order valence-electron chi connectivity index (χ3n) is 2.26. The van der Waals surface area contributed by atoms with E-state index in [1.165, 1.54) is 7.05 Å². The maximum absolute atomic E-state index is 11.4. The number of esters is 2. The third kappa shape index (κ3) is 6.81. The Labute approximate surface area is 106 Å². The fourth-order valence-corrected chi connectivity index (χ4v) is 1.13. The molecular formula is C10H21N5O3. The fraction of sp³-hybridized carbons (Fsp3) is 0.700. The van der Waals surface area contributed by atoms with Crippen molar-refractivity contribution in [1.82, 2.24) is 4.90 Å². The molecule has 0 saturated carbocycles. The smallest absolute Gasteiger partial charge is 0.333 e. The topological polar surface area (TPSA) is 149 Å². The van der Waals surface area contributed by atoms with Crippen molar-refractivity contribution < 1.29 is 14.3 Å². The molecule has 0 radical (unpaired) electrons. The first-order chi connectivity index (χ1) is 8.38. The summed E-state index contributed by atoms with van der Waals surface area (Å²) < 4.78 is 4.54. The molecule has 0 amide bonds. The molecule has 0 aliphatic rings. The number of likely N-dealkylation sites (N-methyl/N-ethyl adjacent to an activating group) is 1. The molecule has 0 rings (SSSR count). The van der Waals surface area contributed by atoms with Crippen molar-refractivity contribution in [2.75, 3.05) is 20.1 Å². The zero-order valence-electron chi connectivity index (χ0n) is 10.5. The summed E-state index contributed by atoms with van der Waals surface area (Å²) in [6.45, 7) is 0.265. The van der Waals surface area contributed by atoms with Crippen LogP contribution >= 0.6 is 0 Å². The standard InChI is InChI=1S/C10H21N5O3/c1-15(10(13)14)6-8(16)18-9(17)7(12)4-2-3-5-11/h7H,2-6,11-12H2,1H3,(H3,13,14)/t7-/m0/s1. The second-order valence-corrected chi connectivity index (χ2v) is 3.93. The average Bonchev–Trinajstić information content (AvgIpc) is 2.28. The highest BCUT2D eigenvalue weighted by Crippen LogP contribution is 2.00. The number of unbranched alkanes of at least 4 members (excludes halogenated alkanes) is 1. The summed E-state index contributed by atoms with van der Waals surface area (Å²) in [5, 5.41) is 7.05.